The number of aryl methyl sites for hydroxylation is 1. The van der Waals surface area contributed by atoms with Gasteiger partial charge in [-0.3, -0.25) is 9.69 Å². The van der Waals surface area contributed by atoms with Gasteiger partial charge in [0, 0.05) is 44.5 Å². The van der Waals surface area contributed by atoms with Crippen LogP contribution in [0.25, 0.3) is 11.0 Å². The van der Waals surface area contributed by atoms with Crippen LogP contribution in [0.4, 0.5) is 11.6 Å². The van der Waals surface area contributed by atoms with E-state index in [4.69, 9.17) is 14.5 Å². The predicted molar refractivity (Wildman–Crippen MR) is 125 cm³/mol. The number of piperazine rings is 1. The zero-order valence-corrected chi connectivity index (χ0v) is 19.6. The number of hydrogen-bond acceptors (Lipinski definition) is 6. The third-order valence-corrected chi connectivity index (χ3v) is 5.93. The normalized spacial score (nSPS) is 15.8. The van der Waals surface area contributed by atoms with E-state index in [9.17, 15) is 4.79 Å². The Hall–Kier alpha value is -2.97. The van der Waals surface area contributed by atoms with Gasteiger partial charge in [-0.25, -0.2) is 4.98 Å². The molecule has 0 radical (unpaired) electrons. The fourth-order valence-electron chi connectivity index (χ4n) is 4.38. The van der Waals surface area contributed by atoms with Crippen molar-refractivity contribution in [2.75, 3.05) is 56.2 Å². The van der Waals surface area contributed by atoms with Crippen molar-refractivity contribution in [2.24, 2.45) is 0 Å². The van der Waals surface area contributed by atoms with E-state index in [0.29, 0.717) is 25.5 Å². The van der Waals surface area contributed by atoms with Gasteiger partial charge in [-0.05, 0) is 30.7 Å². The number of halogens is 1. The molecule has 0 unspecified atom stereocenters. The van der Waals surface area contributed by atoms with E-state index in [1.807, 2.05) is 24.3 Å². The van der Waals surface area contributed by atoms with Crippen LogP contribution in [-0.4, -0.2) is 66.3 Å². The number of imidazole rings is 1. The van der Waals surface area contributed by atoms with Crippen LogP contribution in [0.1, 0.15) is 13.3 Å². The topological polar surface area (TPSA) is 71.9 Å². The number of carbonyl (C=O) groups excluding carboxylic acids is 1. The molecule has 0 bridgehead atoms. The molecule has 3 heterocycles. The number of ether oxygens (including phenoxy) is 2. The van der Waals surface area contributed by atoms with Gasteiger partial charge >= 0.3 is 0 Å². The number of amides is 1. The zero-order valence-electron chi connectivity index (χ0n) is 18.8. The fourth-order valence-corrected chi connectivity index (χ4v) is 4.38. The molecule has 2 aliphatic rings. The Morgan fingerprint density at radius 2 is 1.79 bits per heavy atom. The predicted octanol–water partition coefficient (Wildman–Crippen LogP) is -0.0178. The Balaban J connectivity index is 0.00000259. The number of carbonyl (C=O) groups is 1. The van der Waals surface area contributed by atoms with Crippen molar-refractivity contribution in [3.05, 3.63) is 42.5 Å². The summed E-state index contributed by atoms with van der Waals surface area (Å²) in [6.45, 7) is 7.95. The minimum absolute atomic E-state index is 0. The van der Waals surface area contributed by atoms with Crippen LogP contribution in [0.5, 0.6) is 11.5 Å². The minimum Gasteiger partial charge on any atom is -1.00 e. The molecule has 0 spiro atoms. The molecule has 1 amide bonds. The van der Waals surface area contributed by atoms with Gasteiger partial charge in [0.05, 0.1) is 17.6 Å². The lowest BCUT2D eigenvalue weighted by Gasteiger charge is -2.35. The van der Waals surface area contributed by atoms with E-state index in [1.165, 1.54) is 5.52 Å². The molecule has 8 nitrogen and oxygen atoms in total. The fraction of sp³-hybridized carbons (Fsp3) is 0.417. The quantitative estimate of drug-likeness (QED) is 0.546. The number of nitrogens with zero attached hydrogens (tertiary/aromatic N) is 4. The standard InChI is InChI=1S/C24H29N5O3.ClH/c1-2-9-29-20-6-4-3-5-19(20)26-24(29)28-12-10-27(11-13-28)17-23(30)25-18-7-8-21-22(16-18)32-15-14-31-21;/h3-8,16H,2,9-15,17H2,1H3,(H,25,30);1H/p-1. The number of anilines is 2. The van der Waals surface area contributed by atoms with E-state index >= 15 is 0 Å². The first-order chi connectivity index (χ1) is 15.7. The molecule has 0 aliphatic carbocycles. The molecule has 176 valence electrons. The first kappa shape index (κ1) is 23.2. The summed E-state index contributed by atoms with van der Waals surface area (Å²) in [5, 5.41) is 2.98. The molecule has 1 fully saturated rings. The van der Waals surface area contributed by atoms with Gasteiger partial charge in [0.1, 0.15) is 13.2 Å². The second-order valence-corrected chi connectivity index (χ2v) is 8.22. The Labute approximate surface area is 199 Å². The molecule has 1 N–H and O–H groups in total. The number of para-hydroxylation sites is 2. The SMILES string of the molecule is CCCn1c(N2CCN(CC(=O)Nc3ccc4c(c3)OCCO4)CC2)nc2ccccc21.[Cl-]. The van der Waals surface area contributed by atoms with Crippen molar-refractivity contribution in [1.82, 2.24) is 14.5 Å². The highest BCUT2D eigenvalue weighted by molar-refractivity contribution is 5.92. The molecule has 3 aromatic rings. The Morgan fingerprint density at radius 3 is 2.58 bits per heavy atom. The number of fused-ring (bicyclic) bond motifs is 2. The summed E-state index contributed by atoms with van der Waals surface area (Å²) in [6.07, 6.45) is 1.06. The lowest BCUT2D eigenvalue weighted by Crippen LogP contribution is -3.00. The molecular weight excluding hydrogens is 442 g/mol. The smallest absolute Gasteiger partial charge is 0.238 e. The van der Waals surface area contributed by atoms with Crippen molar-refractivity contribution in [2.45, 2.75) is 19.9 Å². The summed E-state index contributed by atoms with van der Waals surface area (Å²) in [7, 11) is 0. The maximum atomic E-state index is 12.6. The number of rotatable bonds is 6. The highest BCUT2D eigenvalue weighted by Gasteiger charge is 2.23. The largest absolute Gasteiger partial charge is 1.00 e. The van der Waals surface area contributed by atoms with Crippen molar-refractivity contribution in [3.8, 4) is 11.5 Å². The highest BCUT2D eigenvalue weighted by atomic mass is 35.5. The summed E-state index contributed by atoms with van der Waals surface area (Å²) >= 11 is 0. The molecular formula is C24H29ClN5O3-. The van der Waals surface area contributed by atoms with E-state index in [1.54, 1.807) is 0 Å². The van der Waals surface area contributed by atoms with Gasteiger partial charge in [-0.2, -0.15) is 0 Å². The first-order valence-corrected chi connectivity index (χ1v) is 11.3. The van der Waals surface area contributed by atoms with Crippen LogP contribution in [-0.2, 0) is 11.3 Å². The summed E-state index contributed by atoms with van der Waals surface area (Å²) in [5.74, 6) is 2.42. The van der Waals surface area contributed by atoms with Gasteiger partial charge in [-0.15, -0.1) is 0 Å². The van der Waals surface area contributed by atoms with Gasteiger partial charge in [-0.1, -0.05) is 19.1 Å². The molecule has 0 saturated carbocycles. The molecule has 1 aromatic heterocycles. The van der Waals surface area contributed by atoms with Crippen LogP contribution < -0.4 is 32.1 Å². The highest BCUT2D eigenvalue weighted by Crippen LogP contribution is 2.32. The Morgan fingerprint density at radius 1 is 1.03 bits per heavy atom. The van der Waals surface area contributed by atoms with E-state index in [0.717, 1.165) is 62.0 Å². The number of aromatic nitrogens is 2. The van der Waals surface area contributed by atoms with Crippen molar-refractivity contribution >= 4 is 28.6 Å². The van der Waals surface area contributed by atoms with E-state index in [2.05, 4.69) is 44.8 Å². The monoisotopic (exact) mass is 470 g/mol. The Kier molecular flexibility index (Phi) is 7.25. The second kappa shape index (κ2) is 10.3. The summed E-state index contributed by atoms with van der Waals surface area (Å²) in [5.41, 5.74) is 2.95. The van der Waals surface area contributed by atoms with Crippen molar-refractivity contribution in [3.63, 3.8) is 0 Å². The van der Waals surface area contributed by atoms with Crippen LogP contribution in [0.3, 0.4) is 0 Å². The lowest BCUT2D eigenvalue weighted by molar-refractivity contribution is -0.117. The summed E-state index contributed by atoms with van der Waals surface area (Å²) < 4.78 is 13.5. The maximum Gasteiger partial charge on any atom is 0.238 e. The molecule has 9 heteroatoms. The van der Waals surface area contributed by atoms with Gasteiger partial charge < -0.3 is 36.7 Å². The second-order valence-electron chi connectivity index (χ2n) is 8.22. The average molecular weight is 471 g/mol. The van der Waals surface area contributed by atoms with Crippen LogP contribution in [0.2, 0.25) is 0 Å². The third-order valence-electron chi connectivity index (χ3n) is 5.93. The van der Waals surface area contributed by atoms with Gasteiger partial charge in [0.25, 0.3) is 0 Å². The molecule has 33 heavy (non-hydrogen) atoms. The molecule has 1 saturated heterocycles. The van der Waals surface area contributed by atoms with Gasteiger partial charge in [0.15, 0.2) is 11.5 Å². The lowest BCUT2D eigenvalue weighted by atomic mass is 10.2. The van der Waals surface area contributed by atoms with Crippen LogP contribution in [0.15, 0.2) is 42.5 Å². The maximum absolute atomic E-state index is 12.6. The first-order valence-electron chi connectivity index (χ1n) is 11.3. The number of nitrogens with one attached hydrogen (secondary N) is 1. The average Bonchev–Trinajstić information content (AvgIpc) is 3.18. The zero-order chi connectivity index (χ0) is 21.9. The number of benzene rings is 2. The molecule has 0 atom stereocenters. The molecule has 2 aromatic carbocycles. The van der Waals surface area contributed by atoms with E-state index in [-0.39, 0.29) is 18.3 Å². The summed E-state index contributed by atoms with van der Waals surface area (Å²) in [6, 6.07) is 13.8. The van der Waals surface area contributed by atoms with Crippen molar-refractivity contribution < 1.29 is 26.7 Å². The number of hydrogen-bond donors (Lipinski definition) is 1. The van der Waals surface area contributed by atoms with Crippen molar-refractivity contribution in [1.29, 1.82) is 0 Å². The summed E-state index contributed by atoms with van der Waals surface area (Å²) in [4.78, 5) is 22.0. The molecule has 2 aliphatic heterocycles. The van der Waals surface area contributed by atoms with Crippen LogP contribution in [0, 0.1) is 0 Å². The Bertz CT molecular complexity index is 1110. The van der Waals surface area contributed by atoms with Gasteiger partial charge in [0.2, 0.25) is 11.9 Å². The minimum atomic E-state index is -0.0200. The van der Waals surface area contributed by atoms with E-state index < -0.39 is 0 Å². The third kappa shape index (κ3) is 5.02. The van der Waals surface area contributed by atoms with Crippen LogP contribution >= 0.6 is 0 Å². The molecule has 5 rings (SSSR count).